The molecule has 0 aliphatic heterocycles. The first-order valence-corrected chi connectivity index (χ1v) is 7.26. The molecule has 0 unspecified atom stereocenters. The fourth-order valence-corrected chi connectivity index (χ4v) is 3.46. The molecule has 0 amide bonds. The number of aromatic amines is 1. The number of aromatic nitrogens is 2. The summed E-state index contributed by atoms with van der Waals surface area (Å²) in [6, 6.07) is 8.03. The molecule has 19 heavy (non-hydrogen) atoms. The lowest BCUT2D eigenvalue weighted by Gasteiger charge is -2.04. The molecule has 2 N–H and O–H groups in total. The van der Waals surface area contributed by atoms with Crippen LogP contribution in [0.15, 0.2) is 34.9 Å². The molecule has 0 atom stereocenters. The molecular weight excluding hydrogens is 276 g/mol. The Kier molecular flexibility index (Phi) is 3.15. The molecule has 2 heterocycles. The number of hydrogen-bond acceptors (Lipinski definition) is 5. The van der Waals surface area contributed by atoms with Crippen LogP contribution in [0.3, 0.4) is 0 Å². The number of nitrogens with one attached hydrogen (secondary N) is 2. The normalized spacial score (nSPS) is 10.5. The van der Waals surface area contributed by atoms with Crippen molar-refractivity contribution >= 4 is 39.9 Å². The average Bonchev–Trinajstić information content (AvgIpc) is 3.02. The number of aryl methyl sites for hydroxylation is 1. The molecule has 3 rings (SSSR count). The summed E-state index contributed by atoms with van der Waals surface area (Å²) in [5.74, 6) is 0. The van der Waals surface area contributed by atoms with Crippen molar-refractivity contribution < 1.29 is 0 Å². The Hall–Kier alpha value is -1.97. The van der Waals surface area contributed by atoms with Crippen molar-refractivity contribution in [3.05, 3.63) is 41.0 Å². The minimum absolute atomic E-state index is 0.661. The molecule has 0 aliphatic carbocycles. The first kappa shape index (κ1) is 12.1. The van der Waals surface area contributed by atoms with Gasteiger partial charge in [-0.1, -0.05) is 12.1 Å². The van der Waals surface area contributed by atoms with Crippen molar-refractivity contribution in [2.24, 2.45) is 0 Å². The van der Waals surface area contributed by atoms with Gasteiger partial charge in [0.1, 0.15) is 6.07 Å². The highest BCUT2D eigenvalue weighted by atomic mass is 32.2. The molecule has 0 spiro atoms. The molecule has 0 aliphatic rings. The summed E-state index contributed by atoms with van der Waals surface area (Å²) < 4.78 is 4.25. The van der Waals surface area contributed by atoms with E-state index in [1.807, 2.05) is 31.3 Å². The summed E-state index contributed by atoms with van der Waals surface area (Å²) in [7, 11) is 0. The number of H-pyrrole nitrogens is 1. The Morgan fingerprint density at radius 1 is 1.47 bits per heavy atom. The maximum absolute atomic E-state index is 9.02. The molecule has 6 heteroatoms. The SMILES string of the molecule is Cc1cnc(SNc2cccc3c(C#N)c[nH]c23)s1. The Morgan fingerprint density at radius 3 is 3.11 bits per heavy atom. The minimum atomic E-state index is 0.661. The van der Waals surface area contributed by atoms with Crippen LogP contribution in [0.1, 0.15) is 10.4 Å². The van der Waals surface area contributed by atoms with Crippen molar-refractivity contribution in [1.82, 2.24) is 9.97 Å². The summed E-state index contributed by atoms with van der Waals surface area (Å²) in [6.07, 6.45) is 3.59. The number of rotatable bonds is 3. The van der Waals surface area contributed by atoms with Crippen molar-refractivity contribution in [1.29, 1.82) is 5.26 Å². The summed E-state index contributed by atoms with van der Waals surface area (Å²) in [5, 5.41) is 9.96. The molecule has 1 aromatic carbocycles. The van der Waals surface area contributed by atoms with Crippen molar-refractivity contribution in [3.63, 3.8) is 0 Å². The molecule has 94 valence electrons. The molecule has 3 aromatic rings. The monoisotopic (exact) mass is 286 g/mol. The lowest BCUT2D eigenvalue weighted by molar-refractivity contribution is 1.24. The van der Waals surface area contributed by atoms with E-state index in [0.717, 1.165) is 20.9 Å². The fraction of sp³-hybridized carbons (Fsp3) is 0.0769. The van der Waals surface area contributed by atoms with E-state index < -0.39 is 0 Å². The van der Waals surface area contributed by atoms with Gasteiger partial charge in [0.25, 0.3) is 0 Å². The van der Waals surface area contributed by atoms with E-state index in [1.165, 1.54) is 16.8 Å². The average molecular weight is 286 g/mol. The highest BCUT2D eigenvalue weighted by molar-refractivity contribution is 8.02. The quantitative estimate of drug-likeness (QED) is 0.716. The van der Waals surface area contributed by atoms with Gasteiger partial charge >= 0.3 is 0 Å². The molecule has 0 radical (unpaired) electrons. The van der Waals surface area contributed by atoms with Gasteiger partial charge in [-0.15, -0.1) is 11.3 Å². The number of nitrogens with zero attached hydrogens (tertiary/aromatic N) is 2. The van der Waals surface area contributed by atoms with E-state index in [1.54, 1.807) is 17.5 Å². The zero-order valence-corrected chi connectivity index (χ0v) is 11.7. The first-order chi connectivity index (χ1) is 9.28. The van der Waals surface area contributed by atoms with Gasteiger partial charge in [-0.2, -0.15) is 5.26 Å². The third-order valence-electron chi connectivity index (χ3n) is 2.68. The molecule has 2 aromatic heterocycles. The molecule has 0 fully saturated rings. The number of thiazole rings is 1. The van der Waals surface area contributed by atoms with E-state index in [9.17, 15) is 0 Å². The number of anilines is 1. The van der Waals surface area contributed by atoms with Crippen LogP contribution < -0.4 is 4.72 Å². The second-order valence-electron chi connectivity index (χ2n) is 3.98. The molecule has 4 nitrogen and oxygen atoms in total. The highest BCUT2D eigenvalue weighted by Crippen LogP contribution is 2.30. The predicted octanol–water partition coefficient (Wildman–Crippen LogP) is 3.92. The fourth-order valence-electron chi connectivity index (χ4n) is 1.81. The third kappa shape index (κ3) is 2.30. The topological polar surface area (TPSA) is 64.5 Å². The van der Waals surface area contributed by atoms with E-state index in [0.29, 0.717) is 5.56 Å². The maximum Gasteiger partial charge on any atom is 0.170 e. The Labute approximate surface area is 118 Å². The van der Waals surface area contributed by atoms with Gasteiger partial charge in [0.05, 0.1) is 16.8 Å². The van der Waals surface area contributed by atoms with Crippen LogP contribution in [-0.2, 0) is 0 Å². The van der Waals surface area contributed by atoms with Crippen LogP contribution in [-0.4, -0.2) is 9.97 Å². The van der Waals surface area contributed by atoms with Crippen LogP contribution in [0, 0.1) is 18.3 Å². The number of fused-ring (bicyclic) bond motifs is 1. The van der Waals surface area contributed by atoms with Crippen molar-refractivity contribution in [2.45, 2.75) is 11.3 Å². The summed E-state index contributed by atoms with van der Waals surface area (Å²) in [4.78, 5) is 8.61. The Balaban J connectivity index is 1.89. The van der Waals surface area contributed by atoms with E-state index >= 15 is 0 Å². The second-order valence-corrected chi connectivity index (χ2v) is 6.27. The third-order valence-corrected chi connectivity index (χ3v) is 4.49. The lowest BCUT2D eigenvalue weighted by atomic mass is 10.2. The Bertz CT molecular complexity index is 766. The van der Waals surface area contributed by atoms with Gasteiger partial charge in [-0.3, -0.25) is 0 Å². The number of hydrogen-bond donors (Lipinski definition) is 2. The van der Waals surface area contributed by atoms with Gasteiger partial charge in [0, 0.05) is 34.6 Å². The van der Waals surface area contributed by atoms with Gasteiger partial charge in [0.15, 0.2) is 4.34 Å². The van der Waals surface area contributed by atoms with Crippen LogP contribution in [0.5, 0.6) is 0 Å². The lowest BCUT2D eigenvalue weighted by Crippen LogP contribution is -1.87. The summed E-state index contributed by atoms with van der Waals surface area (Å²) in [6.45, 7) is 2.03. The van der Waals surface area contributed by atoms with Crippen LogP contribution >= 0.6 is 23.3 Å². The number of benzene rings is 1. The predicted molar refractivity (Wildman–Crippen MR) is 79.3 cm³/mol. The number of nitriles is 1. The van der Waals surface area contributed by atoms with Crippen molar-refractivity contribution in [3.8, 4) is 6.07 Å². The standard InChI is InChI=1S/C13H10N4S2/c1-8-6-16-13(18-8)19-17-11-4-2-3-10-9(5-14)7-15-12(10)11/h2-4,6-7,15,17H,1H3. The largest absolute Gasteiger partial charge is 0.358 e. The van der Waals surface area contributed by atoms with Gasteiger partial charge in [-0.05, 0) is 13.0 Å². The zero-order valence-electron chi connectivity index (χ0n) is 10.1. The second kappa shape index (κ2) is 4.96. The maximum atomic E-state index is 9.02. The van der Waals surface area contributed by atoms with E-state index in [2.05, 4.69) is 20.8 Å². The van der Waals surface area contributed by atoms with Crippen LogP contribution in [0.2, 0.25) is 0 Å². The van der Waals surface area contributed by atoms with Crippen LogP contribution in [0.4, 0.5) is 5.69 Å². The number of para-hydroxylation sites is 1. The minimum Gasteiger partial charge on any atom is -0.358 e. The van der Waals surface area contributed by atoms with Gasteiger partial charge in [-0.25, -0.2) is 4.98 Å². The Morgan fingerprint density at radius 2 is 2.37 bits per heavy atom. The van der Waals surface area contributed by atoms with Gasteiger partial charge in [0.2, 0.25) is 0 Å². The molecule has 0 saturated carbocycles. The zero-order chi connectivity index (χ0) is 13.2. The summed E-state index contributed by atoms with van der Waals surface area (Å²) in [5.41, 5.74) is 2.56. The molecule has 0 bridgehead atoms. The highest BCUT2D eigenvalue weighted by Gasteiger charge is 2.07. The van der Waals surface area contributed by atoms with Crippen molar-refractivity contribution in [2.75, 3.05) is 4.72 Å². The van der Waals surface area contributed by atoms with E-state index in [-0.39, 0.29) is 0 Å². The van der Waals surface area contributed by atoms with Crippen LogP contribution in [0.25, 0.3) is 10.9 Å². The molecule has 0 saturated heterocycles. The molecular formula is C13H10N4S2. The first-order valence-electron chi connectivity index (χ1n) is 5.63. The summed E-state index contributed by atoms with van der Waals surface area (Å²) >= 11 is 3.13. The smallest absolute Gasteiger partial charge is 0.170 e. The van der Waals surface area contributed by atoms with Gasteiger partial charge < -0.3 is 9.71 Å². The van der Waals surface area contributed by atoms with E-state index in [4.69, 9.17) is 5.26 Å².